The number of rotatable bonds is 0. The number of aromatic nitrogens is 1. The van der Waals surface area contributed by atoms with Gasteiger partial charge in [-0.15, -0.1) is 0 Å². The molecule has 0 saturated heterocycles. The largest absolute Gasteiger partial charge is 0.384 e. The van der Waals surface area contributed by atoms with Crippen molar-refractivity contribution in [2.45, 2.75) is 0 Å². The van der Waals surface area contributed by atoms with Gasteiger partial charge in [0.25, 0.3) is 0 Å². The highest BCUT2D eigenvalue weighted by Crippen LogP contribution is 2.13. The fraction of sp³-hybridized carbons (Fsp3) is 0.125. The Morgan fingerprint density at radius 2 is 2.42 bits per heavy atom. The third-order valence-corrected chi connectivity index (χ3v) is 1.41. The normalized spacial score (nSPS) is 8.92. The summed E-state index contributed by atoms with van der Waals surface area (Å²) in [5, 5.41) is 8.13. The maximum Gasteiger partial charge on any atom is 0.176 e. The zero-order chi connectivity index (χ0) is 8.97. The number of aliphatic hydroxyl groups is 1. The van der Waals surface area contributed by atoms with Gasteiger partial charge in [-0.1, -0.05) is 23.4 Å². The summed E-state index contributed by atoms with van der Waals surface area (Å²) >= 11 is 5.38. The Morgan fingerprint density at radius 1 is 1.67 bits per heavy atom. The maximum absolute atomic E-state index is 12.9. The molecule has 0 bridgehead atoms. The smallest absolute Gasteiger partial charge is 0.176 e. The molecule has 4 heteroatoms. The lowest BCUT2D eigenvalue weighted by atomic mass is 10.2. The summed E-state index contributed by atoms with van der Waals surface area (Å²) in [6, 6.07) is 1.39. The zero-order valence-electron chi connectivity index (χ0n) is 6.01. The highest BCUT2D eigenvalue weighted by atomic mass is 35.5. The molecule has 0 fully saturated rings. The van der Waals surface area contributed by atoms with Crippen LogP contribution in [-0.4, -0.2) is 16.7 Å². The van der Waals surface area contributed by atoms with Gasteiger partial charge in [0.2, 0.25) is 0 Å². The van der Waals surface area contributed by atoms with E-state index in [1.165, 1.54) is 12.3 Å². The van der Waals surface area contributed by atoms with Gasteiger partial charge in [0, 0.05) is 6.20 Å². The summed E-state index contributed by atoms with van der Waals surface area (Å²) in [7, 11) is 0. The third-order valence-electron chi connectivity index (χ3n) is 1.15. The number of hydrogen-bond donors (Lipinski definition) is 1. The first-order valence-electron chi connectivity index (χ1n) is 3.15. The van der Waals surface area contributed by atoms with Crippen LogP contribution in [0.5, 0.6) is 0 Å². The molecule has 12 heavy (non-hydrogen) atoms. The Hall–Kier alpha value is -1.11. The van der Waals surface area contributed by atoms with Gasteiger partial charge in [0.15, 0.2) is 11.0 Å². The van der Waals surface area contributed by atoms with Crippen LogP contribution in [0.25, 0.3) is 0 Å². The van der Waals surface area contributed by atoms with Crippen molar-refractivity contribution in [2.24, 2.45) is 0 Å². The van der Waals surface area contributed by atoms with Crippen molar-refractivity contribution >= 4 is 11.6 Å². The van der Waals surface area contributed by atoms with Gasteiger partial charge in [-0.3, -0.25) is 0 Å². The maximum atomic E-state index is 12.9. The van der Waals surface area contributed by atoms with E-state index < -0.39 is 5.82 Å². The van der Waals surface area contributed by atoms with Gasteiger partial charge in [-0.2, -0.15) is 0 Å². The average molecular weight is 186 g/mol. The molecule has 0 amide bonds. The van der Waals surface area contributed by atoms with E-state index in [9.17, 15) is 4.39 Å². The molecule has 1 N–H and O–H groups in total. The molecule has 0 aliphatic rings. The van der Waals surface area contributed by atoms with Crippen LogP contribution < -0.4 is 0 Å². The lowest BCUT2D eigenvalue weighted by Crippen LogP contribution is -1.87. The molecule has 2 nitrogen and oxygen atoms in total. The van der Waals surface area contributed by atoms with Gasteiger partial charge >= 0.3 is 0 Å². The zero-order valence-corrected chi connectivity index (χ0v) is 6.77. The van der Waals surface area contributed by atoms with E-state index in [-0.39, 0.29) is 17.3 Å². The van der Waals surface area contributed by atoms with Crippen molar-refractivity contribution in [3.63, 3.8) is 0 Å². The van der Waals surface area contributed by atoms with Gasteiger partial charge in [0.05, 0.1) is 5.56 Å². The van der Waals surface area contributed by atoms with Crippen molar-refractivity contribution in [1.29, 1.82) is 0 Å². The van der Waals surface area contributed by atoms with E-state index in [2.05, 4.69) is 16.8 Å². The summed E-state index contributed by atoms with van der Waals surface area (Å²) < 4.78 is 12.9. The molecule has 1 aromatic heterocycles. The summed E-state index contributed by atoms with van der Waals surface area (Å²) in [5.41, 5.74) is 0.143. The van der Waals surface area contributed by atoms with Crippen LogP contribution in [0.1, 0.15) is 5.56 Å². The minimum Gasteiger partial charge on any atom is -0.384 e. The molecule has 0 aromatic carbocycles. The van der Waals surface area contributed by atoms with Gasteiger partial charge in [-0.25, -0.2) is 9.37 Å². The molecule has 0 unspecified atom stereocenters. The molecule has 0 spiro atoms. The minimum absolute atomic E-state index is 0.143. The molecule has 0 atom stereocenters. The minimum atomic E-state index is -0.653. The monoisotopic (exact) mass is 185 g/mol. The number of pyridine rings is 1. The first-order chi connectivity index (χ1) is 5.75. The highest BCUT2D eigenvalue weighted by Gasteiger charge is 2.03. The topological polar surface area (TPSA) is 33.1 Å². The van der Waals surface area contributed by atoms with Gasteiger partial charge in [0.1, 0.15) is 6.61 Å². The van der Waals surface area contributed by atoms with Crippen LogP contribution >= 0.6 is 11.6 Å². The number of hydrogen-bond acceptors (Lipinski definition) is 2. The standard InChI is InChI=1S/C8H5ClFNO/c9-8-7(10)6(2-1-5-12)3-4-11-8/h3-4,12H,5H2. The van der Waals surface area contributed by atoms with E-state index in [0.717, 1.165) is 0 Å². The first-order valence-corrected chi connectivity index (χ1v) is 3.53. The van der Waals surface area contributed by atoms with Crippen molar-refractivity contribution in [1.82, 2.24) is 4.98 Å². The Balaban J connectivity index is 3.08. The van der Waals surface area contributed by atoms with Crippen LogP contribution in [0, 0.1) is 17.7 Å². The molecular weight excluding hydrogens is 181 g/mol. The van der Waals surface area contributed by atoms with Crippen LogP contribution in [0.2, 0.25) is 5.15 Å². The fourth-order valence-electron chi connectivity index (χ4n) is 0.649. The fourth-order valence-corrected chi connectivity index (χ4v) is 0.808. The van der Waals surface area contributed by atoms with E-state index in [4.69, 9.17) is 16.7 Å². The van der Waals surface area contributed by atoms with Gasteiger partial charge < -0.3 is 5.11 Å². The van der Waals surface area contributed by atoms with E-state index >= 15 is 0 Å². The quantitative estimate of drug-likeness (QED) is 0.487. The Bertz CT molecular complexity index is 343. The number of nitrogens with zero attached hydrogens (tertiary/aromatic N) is 1. The predicted molar refractivity (Wildman–Crippen MR) is 43.2 cm³/mol. The third kappa shape index (κ3) is 1.94. The van der Waals surface area contributed by atoms with Crippen molar-refractivity contribution in [3.8, 4) is 11.8 Å². The second kappa shape index (κ2) is 4.05. The predicted octanol–water partition coefficient (Wildman–Crippen LogP) is 1.22. The Kier molecular flexibility index (Phi) is 3.03. The molecular formula is C8H5ClFNO. The van der Waals surface area contributed by atoms with E-state index in [1.54, 1.807) is 0 Å². The molecule has 1 aromatic rings. The molecule has 1 heterocycles. The first kappa shape index (κ1) is 8.98. The van der Waals surface area contributed by atoms with Crippen molar-refractivity contribution < 1.29 is 9.50 Å². The SMILES string of the molecule is OCC#Cc1ccnc(Cl)c1F. The average Bonchev–Trinajstić information content (AvgIpc) is 2.08. The van der Waals surface area contributed by atoms with Crippen molar-refractivity contribution in [2.75, 3.05) is 6.61 Å². The van der Waals surface area contributed by atoms with Gasteiger partial charge in [-0.05, 0) is 6.07 Å². The Morgan fingerprint density at radius 3 is 3.08 bits per heavy atom. The summed E-state index contributed by atoms with van der Waals surface area (Å²) in [5.74, 6) is 4.06. The number of halogens is 2. The summed E-state index contributed by atoms with van der Waals surface area (Å²) in [4.78, 5) is 3.51. The second-order valence-electron chi connectivity index (χ2n) is 1.92. The second-order valence-corrected chi connectivity index (χ2v) is 2.28. The molecule has 1 rings (SSSR count). The Labute approximate surface area is 74.0 Å². The summed E-state index contributed by atoms with van der Waals surface area (Å²) in [6.45, 7) is -0.306. The van der Waals surface area contributed by atoms with Crippen LogP contribution in [0.15, 0.2) is 12.3 Å². The lowest BCUT2D eigenvalue weighted by Gasteiger charge is -1.93. The van der Waals surface area contributed by atoms with Crippen LogP contribution in [0.4, 0.5) is 4.39 Å². The summed E-state index contributed by atoms with van der Waals surface area (Å²) in [6.07, 6.45) is 1.35. The van der Waals surface area contributed by atoms with Crippen molar-refractivity contribution in [3.05, 3.63) is 28.8 Å². The number of aliphatic hydroxyl groups excluding tert-OH is 1. The van der Waals surface area contributed by atoms with Crippen LogP contribution in [0.3, 0.4) is 0 Å². The lowest BCUT2D eigenvalue weighted by molar-refractivity contribution is 0.350. The highest BCUT2D eigenvalue weighted by molar-refractivity contribution is 6.29. The van der Waals surface area contributed by atoms with E-state index in [1.807, 2.05) is 0 Å². The molecule has 62 valence electrons. The molecule has 0 aliphatic carbocycles. The molecule has 0 radical (unpaired) electrons. The molecule has 0 aliphatic heterocycles. The molecule has 0 saturated carbocycles. The van der Waals surface area contributed by atoms with E-state index in [0.29, 0.717) is 0 Å². The van der Waals surface area contributed by atoms with Crippen LogP contribution in [-0.2, 0) is 0 Å².